The van der Waals surface area contributed by atoms with Crippen LogP contribution in [0.5, 0.6) is 0 Å². The zero-order valence-electron chi connectivity index (χ0n) is 16.9. The Morgan fingerprint density at radius 2 is 2.07 bits per heavy atom. The molecule has 1 aromatic carbocycles. The number of hydrogen-bond donors (Lipinski definition) is 1. The van der Waals surface area contributed by atoms with Gasteiger partial charge < -0.3 is 14.4 Å². The minimum atomic E-state index is -0.554. The minimum Gasteiger partial charge on any atom is -0.444 e. The molecule has 0 aromatic heterocycles. The molecule has 1 N–H and O–H groups in total. The number of carbonyl (C=O) groups is 2. The summed E-state index contributed by atoms with van der Waals surface area (Å²) < 4.78 is 12.9. The molecule has 0 fully saturated rings. The third-order valence-corrected chi connectivity index (χ3v) is 4.15. The van der Waals surface area contributed by atoms with Gasteiger partial charge in [0, 0.05) is 19.2 Å². The van der Waals surface area contributed by atoms with E-state index in [0.29, 0.717) is 25.4 Å². The van der Waals surface area contributed by atoms with Gasteiger partial charge in [-0.15, -0.1) is 0 Å². The molecule has 0 saturated heterocycles. The molecule has 148 valence electrons. The average Bonchev–Trinajstić information content (AvgIpc) is 2.94. The molecule has 1 aromatic rings. The molecule has 0 spiro atoms. The van der Waals surface area contributed by atoms with E-state index in [1.54, 1.807) is 17.9 Å². The van der Waals surface area contributed by atoms with Crippen molar-refractivity contribution in [3.05, 3.63) is 29.8 Å². The normalized spacial score (nSPS) is 14.0. The Hall–Kier alpha value is -2.57. The Morgan fingerprint density at radius 3 is 2.67 bits per heavy atom. The van der Waals surface area contributed by atoms with Crippen molar-refractivity contribution < 1.29 is 23.6 Å². The highest BCUT2D eigenvalue weighted by atomic mass is 16.6. The summed E-state index contributed by atoms with van der Waals surface area (Å²) in [6, 6.07) is 7.45. The summed E-state index contributed by atoms with van der Waals surface area (Å²) in [5, 5.41) is 2.73. The van der Waals surface area contributed by atoms with Gasteiger partial charge >= 0.3 is 12.0 Å². The molecule has 0 unspecified atom stereocenters. The summed E-state index contributed by atoms with van der Waals surface area (Å²) in [6.07, 6.45) is -0.497. The third kappa shape index (κ3) is 6.92. The maximum atomic E-state index is 12.0. The predicted molar refractivity (Wildman–Crippen MR) is 104 cm³/mol. The fourth-order valence-corrected chi connectivity index (χ4v) is 2.80. The van der Waals surface area contributed by atoms with Crippen LogP contribution in [0.1, 0.15) is 40.2 Å². The Labute approximate surface area is 160 Å². The van der Waals surface area contributed by atoms with Gasteiger partial charge in [0.05, 0.1) is 13.5 Å². The number of nitrogens with zero attached hydrogens (tertiary/aromatic N) is 2. The van der Waals surface area contributed by atoms with Gasteiger partial charge in [-0.25, -0.2) is 4.79 Å². The molecule has 0 radical (unpaired) electrons. The number of benzene rings is 1. The molecule has 0 bridgehead atoms. The van der Waals surface area contributed by atoms with Crippen molar-refractivity contribution in [2.75, 3.05) is 31.6 Å². The van der Waals surface area contributed by atoms with E-state index in [-0.39, 0.29) is 5.91 Å². The number of rotatable bonds is 6. The second-order valence-corrected chi connectivity index (χ2v) is 7.62. The summed E-state index contributed by atoms with van der Waals surface area (Å²) in [5.41, 5.74) is 1.03. The van der Waals surface area contributed by atoms with Crippen LogP contribution in [0.2, 0.25) is 0 Å². The van der Waals surface area contributed by atoms with Crippen LogP contribution < -0.4 is 5.32 Å². The van der Waals surface area contributed by atoms with E-state index in [9.17, 15) is 9.59 Å². The quantitative estimate of drug-likeness (QED) is 0.775. The molecule has 0 saturated carbocycles. The number of amides is 2. The lowest BCUT2D eigenvalue weighted by atomic mass is 10.2. The van der Waals surface area contributed by atoms with Gasteiger partial charge in [0.15, 0.2) is 19.7 Å². The molecule has 2 amide bonds. The minimum absolute atomic E-state index is 0.0123. The van der Waals surface area contributed by atoms with E-state index < -0.39 is 11.7 Å². The van der Waals surface area contributed by atoms with Gasteiger partial charge in [0.25, 0.3) is 0 Å². The van der Waals surface area contributed by atoms with Crippen LogP contribution >= 0.6 is 0 Å². The lowest BCUT2D eigenvalue weighted by Gasteiger charge is -2.21. The van der Waals surface area contributed by atoms with Crippen LogP contribution in [0.25, 0.3) is 0 Å². The van der Waals surface area contributed by atoms with Gasteiger partial charge in [0.2, 0.25) is 5.91 Å². The van der Waals surface area contributed by atoms with Crippen LogP contribution in [0, 0.1) is 0 Å². The van der Waals surface area contributed by atoms with Crippen LogP contribution in [0.3, 0.4) is 0 Å². The maximum Gasteiger partial charge on any atom is 0.412 e. The molecule has 0 aliphatic carbocycles. The highest BCUT2D eigenvalue weighted by molar-refractivity contribution is 5.85. The van der Waals surface area contributed by atoms with Crippen molar-refractivity contribution in [3.63, 3.8) is 0 Å². The highest BCUT2D eigenvalue weighted by Gasteiger charge is 2.21. The molecule has 7 nitrogen and oxygen atoms in total. The van der Waals surface area contributed by atoms with Gasteiger partial charge in [0.1, 0.15) is 5.60 Å². The Kier molecular flexibility index (Phi) is 6.82. The first kappa shape index (κ1) is 20.7. The number of anilines is 1. The fourth-order valence-electron chi connectivity index (χ4n) is 2.80. The standard InChI is InChI=1S/C20H29N3O4/c1-15(24)23(10-9-22-11-12-26-16(22)2)14-17-7-6-8-18(13-17)21-19(25)27-20(3,4)5/h6-8,13H,9-12,14H2,1-5H3/p+1. The zero-order chi connectivity index (χ0) is 20.0. The summed E-state index contributed by atoms with van der Waals surface area (Å²) in [7, 11) is 0. The van der Waals surface area contributed by atoms with E-state index in [0.717, 1.165) is 24.6 Å². The Balaban J connectivity index is 1.98. The van der Waals surface area contributed by atoms with Crippen molar-refractivity contribution in [1.29, 1.82) is 0 Å². The summed E-state index contributed by atoms with van der Waals surface area (Å²) in [6.45, 7) is 12.3. The molecule has 1 aliphatic heterocycles. The topological polar surface area (TPSA) is 70.9 Å². The van der Waals surface area contributed by atoms with Crippen LogP contribution in [0.4, 0.5) is 10.5 Å². The summed E-state index contributed by atoms with van der Waals surface area (Å²) in [5.74, 6) is 0.917. The summed E-state index contributed by atoms with van der Waals surface area (Å²) in [4.78, 5) is 25.8. The number of carbonyl (C=O) groups excluding carboxylic acids is 2. The first-order valence-corrected chi connectivity index (χ1v) is 9.20. The van der Waals surface area contributed by atoms with Crippen LogP contribution in [-0.4, -0.2) is 59.2 Å². The number of hydrogen-bond acceptors (Lipinski definition) is 4. The van der Waals surface area contributed by atoms with E-state index in [1.807, 2.05) is 45.9 Å². The van der Waals surface area contributed by atoms with Crippen molar-refractivity contribution in [2.45, 2.75) is 46.8 Å². The van der Waals surface area contributed by atoms with Crippen LogP contribution in [-0.2, 0) is 20.8 Å². The van der Waals surface area contributed by atoms with Gasteiger partial charge in [-0.2, -0.15) is 4.58 Å². The fraction of sp³-hybridized carbons (Fsp3) is 0.550. The zero-order valence-corrected chi connectivity index (χ0v) is 16.9. The SMILES string of the molecule is CC(=O)N(CC[N+]1=C(C)OCC1)Cc1cccc(NC(=O)OC(C)(C)C)c1. The predicted octanol–water partition coefficient (Wildman–Crippen LogP) is 2.84. The molecule has 2 rings (SSSR count). The second-order valence-electron chi connectivity index (χ2n) is 7.62. The van der Waals surface area contributed by atoms with E-state index in [4.69, 9.17) is 9.47 Å². The van der Waals surface area contributed by atoms with Gasteiger partial charge in [-0.3, -0.25) is 10.1 Å². The van der Waals surface area contributed by atoms with Crippen molar-refractivity contribution in [2.24, 2.45) is 0 Å². The molecular formula is C20H30N3O4+. The second kappa shape index (κ2) is 8.88. The molecule has 7 heteroatoms. The Bertz CT molecular complexity index is 722. The van der Waals surface area contributed by atoms with Crippen molar-refractivity contribution >= 4 is 23.6 Å². The van der Waals surface area contributed by atoms with E-state index >= 15 is 0 Å². The van der Waals surface area contributed by atoms with Crippen molar-refractivity contribution in [1.82, 2.24) is 4.90 Å². The molecule has 1 aliphatic rings. The first-order chi connectivity index (χ1) is 12.6. The van der Waals surface area contributed by atoms with Crippen LogP contribution in [0.15, 0.2) is 24.3 Å². The summed E-state index contributed by atoms with van der Waals surface area (Å²) >= 11 is 0. The molecule has 0 atom stereocenters. The molecule has 1 heterocycles. The lowest BCUT2D eigenvalue weighted by molar-refractivity contribution is -0.518. The van der Waals surface area contributed by atoms with Gasteiger partial charge in [-0.05, 0) is 38.5 Å². The van der Waals surface area contributed by atoms with Gasteiger partial charge in [-0.1, -0.05) is 12.1 Å². The highest BCUT2D eigenvalue weighted by Crippen LogP contribution is 2.15. The van der Waals surface area contributed by atoms with E-state index in [2.05, 4.69) is 9.89 Å². The molecule has 27 heavy (non-hydrogen) atoms. The maximum absolute atomic E-state index is 12.0. The Morgan fingerprint density at radius 1 is 1.33 bits per heavy atom. The average molecular weight is 376 g/mol. The lowest BCUT2D eigenvalue weighted by Crippen LogP contribution is -2.34. The number of ether oxygens (including phenoxy) is 2. The third-order valence-electron chi connectivity index (χ3n) is 4.15. The smallest absolute Gasteiger partial charge is 0.412 e. The monoisotopic (exact) mass is 376 g/mol. The largest absolute Gasteiger partial charge is 0.444 e. The van der Waals surface area contributed by atoms with Crippen molar-refractivity contribution in [3.8, 4) is 0 Å². The number of nitrogens with one attached hydrogen (secondary N) is 1. The molecular weight excluding hydrogens is 346 g/mol. The first-order valence-electron chi connectivity index (χ1n) is 9.20. The van der Waals surface area contributed by atoms with E-state index in [1.165, 1.54) is 0 Å².